The topological polar surface area (TPSA) is 115 Å². The Kier molecular flexibility index (Phi) is 5.73. The predicted octanol–water partition coefficient (Wildman–Crippen LogP) is 3.95. The lowest BCUT2D eigenvalue weighted by molar-refractivity contribution is 0.628. The summed E-state index contributed by atoms with van der Waals surface area (Å²) in [5.74, 6) is -0.571. The molecule has 4 rings (SSSR count). The number of nitrogens with two attached hydrogens (primary N) is 2. The zero-order valence-electron chi connectivity index (χ0n) is 18.1. The van der Waals surface area contributed by atoms with Crippen LogP contribution in [0.2, 0.25) is 0 Å². The molecule has 4 aromatic rings. The van der Waals surface area contributed by atoms with Crippen molar-refractivity contribution < 1.29 is 4.39 Å². The van der Waals surface area contributed by atoms with Crippen LogP contribution in [0, 0.1) is 19.3 Å². The van der Waals surface area contributed by atoms with Gasteiger partial charge in [-0.15, -0.1) is 0 Å². The maximum atomic E-state index is 15.4. The Morgan fingerprint density at radius 1 is 1.27 bits per heavy atom. The van der Waals surface area contributed by atoms with E-state index in [1.54, 1.807) is 43.3 Å². The van der Waals surface area contributed by atoms with Crippen LogP contribution in [0.5, 0.6) is 0 Å². The summed E-state index contributed by atoms with van der Waals surface area (Å²) < 4.78 is 15.4. The normalized spacial score (nSPS) is 12.3. The number of nitrogens with zero attached hydrogens (tertiary/aromatic N) is 3. The van der Waals surface area contributed by atoms with Gasteiger partial charge in [0.1, 0.15) is 5.82 Å². The Morgan fingerprint density at radius 3 is 2.70 bits per heavy atom. The quantitative estimate of drug-likeness (QED) is 0.329. The molecule has 0 bridgehead atoms. The van der Waals surface area contributed by atoms with Crippen LogP contribution in [0.4, 0.5) is 10.1 Å². The van der Waals surface area contributed by atoms with E-state index in [0.717, 1.165) is 0 Å². The fraction of sp³-hybridized carbons (Fsp3) is 0.120. The SMILES string of the molecule is [C-]#[N+]c1c(C(=NC)/C(=C\N)c2cc(C)c3c(=O)[nH]nc(CN)c3c2)c(F)cc2ccccc12. The second-order valence-corrected chi connectivity index (χ2v) is 7.49. The van der Waals surface area contributed by atoms with Crippen molar-refractivity contribution in [3.63, 3.8) is 0 Å². The van der Waals surface area contributed by atoms with Crippen molar-refractivity contribution in [2.75, 3.05) is 7.05 Å². The largest absolute Gasteiger partial charge is 0.404 e. The van der Waals surface area contributed by atoms with Crippen molar-refractivity contribution in [2.24, 2.45) is 16.5 Å². The van der Waals surface area contributed by atoms with Gasteiger partial charge in [-0.3, -0.25) is 9.79 Å². The molecule has 0 amide bonds. The Bertz CT molecular complexity index is 1580. The molecule has 0 saturated heterocycles. The van der Waals surface area contributed by atoms with Crippen molar-refractivity contribution >= 4 is 38.5 Å². The minimum Gasteiger partial charge on any atom is -0.404 e. The molecule has 0 aliphatic carbocycles. The summed E-state index contributed by atoms with van der Waals surface area (Å²) in [5, 5.41) is 8.81. The van der Waals surface area contributed by atoms with Crippen LogP contribution >= 0.6 is 0 Å². The minimum atomic E-state index is -0.571. The van der Waals surface area contributed by atoms with Crippen molar-refractivity contribution in [1.82, 2.24) is 10.2 Å². The summed E-state index contributed by atoms with van der Waals surface area (Å²) in [6, 6.07) is 12.0. The lowest BCUT2D eigenvalue weighted by Crippen LogP contribution is -2.15. The molecule has 164 valence electrons. The number of hydrogen-bond donors (Lipinski definition) is 3. The van der Waals surface area contributed by atoms with E-state index in [-0.39, 0.29) is 29.1 Å². The summed E-state index contributed by atoms with van der Waals surface area (Å²) >= 11 is 0. The van der Waals surface area contributed by atoms with Gasteiger partial charge in [0.15, 0.2) is 0 Å². The van der Waals surface area contributed by atoms with Crippen LogP contribution in [-0.2, 0) is 6.54 Å². The fourth-order valence-electron chi connectivity index (χ4n) is 4.18. The second kappa shape index (κ2) is 8.65. The number of fused-ring (bicyclic) bond motifs is 2. The first kappa shape index (κ1) is 21.9. The molecule has 0 spiro atoms. The number of benzene rings is 3. The van der Waals surface area contributed by atoms with Crippen LogP contribution in [-0.4, -0.2) is 23.0 Å². The molecule has 0 aliphatic rings. The van der Waals surface area contributed by atoms with E-state index < -0.39 is 5.82 Å². The number of nitrogens with one attached hydrogen (secondary N) is 1. The molecule has 3 aromatic carbocycles. The highest BCUT2D eigenvalue weighted by Crippen LogP contribution is 2.36. The van der Waals surface area contributed by atoms with Crippen LogP contribution in [0.15, 0.2) is 58.5 Å². The highest BCUT2D eigenvalue weighted by atomic mass is 19.1. The molecule has 0 saturated carbocycles. The summed E-state index contributed by atoms with van der Waals surface area (Å²) in [6.07, 6.45) is 1.33. The Morgan fingerprint density at radius 2 is 2.03 bits per heavy atom. The average molecular weight is 440 g/mol. The Labute approximate surface area is 189 Å². The van der Waals surface area contributed by atoms with Gasteiger partial charge in [-0.25, -0.2) is 14.3 Å². The molecule has 1 aromatic heterocycles. The van der Waals surface area contributed by atoms with E-state index >= 15 is 4.39 Å². The summed E-state index contributed by atoms with van der Waals surface area (Å²) in [5.41, 5.74) is 14.2. The number of rotatable bonds is 4. The van der Waals surface area contributed by atoms with Gasteiger partial charge in [0.25, 0.3) is 5.56 Å². The van der Waals surface area contributed by atoms with Crippen molar-refractivity contribution in [1.29, 1.82) is 0 Å². The number of hydrogen-bond acceptors (Lipinski definition) is 5. The smallest absolute Gasteiger partial charge is 0.272 e. The zero-order chi connectivity index (χ0) is 23.7. The highest BCUT2D eigenvalue weighted by molar-refractivity contribution is 6.35. The molecular weight excluding hydrogens is 419 g/mol. The first-order chi connectivity index (χ1) is 15.9. The monoisotopic (exact) mass is 440 g/mol. The van der Waals surface area contributed by atoms with E-state index in [1.165, 1.54) is 19.3 Å². The molecule has 8 heteroatoms. The van der Waals surface area contributed by atoms with Gasteiger partial charge in [-0.05, 0) is 41.0 Å². The van der Waals surface area contributed by atoms with Crippen LogP contribution < -0.4 is 17.0 Å². The average Bonchev–Trinajstić information content (AvgIpc) is 2.81. The van der Waals surface area contributed by atoms with Gasteiger partial charge in [-0.1, -0.05) is 30.3 Å². The Hall–Kier alpha value is -4.35. The maximum Gasteiger partial charge on any atom is 0.272 e. The minimum absolute atomic E-state index is 0.0729. The number of aryl methyl sites for hydroxylation is 1. The highest BCUT2D eigenvalue weighted by Gasteiger charge is 2.23. The van der Waals surface area contributed by atoms with Gasteiger partial charge >= 0.3 is 0 Å². The summed E-state index contributed by atoms with van der Waals surface area (Å²) in [6.45, 7) is 9.66. The number of allylic oxidation sites excluding steroid dienone is 1. The Balaban J connectivity index is 2.01. The molecule has 0 atom stereocenters. The molecule has 1 heterocycles. The number of aliphatic imine (C=N–C) groups is 1. The van der Waals surface area contributed by atoms with Crippen molar-refractivity contribution in [2.45, 2.75) is 13.5 Å². The molecule has 0 unspecified atom stereocenters. The van der Waals surface area contributed by atoms with Crippen LogP contribution in [0.3, 0.4) is 0 Å². The molecular formula is C25H21FN6O. The predicted molar refractivity (Wildman–Crippen MR) is 130 cm³/mol. The molecule has 5 N–H and O–H groups in total. The summed E-state index contributed by atoms with van der Waals surface area (Å²) in [7, 11) is 1.52. The maximum absolute atomic E-state index is 15.4. The zero-order valence-corrected chi connectivity index (χ0v) is 18.1. The lowest BCUT2D eigenvalue weighted by atomic mass is 9.90. The molecule has 7 nitrogen and oxygen atoms in total. The molecule has 0 radical (unpaired) electrons. The third kappa shape index (κ3) is 3.54. The van der Waals surface area contributed by atoms with Crippen LogP contribution in [0.1, 0.15) is 22.4 Å². The van der Waals surface area contributed by atoms with Crippen molar-refractivity contribution in [3.05, 3.63) is 98.6 Å². The van der Waals surface area contributed by atoms with E-state index in [4.69, 9.17) is 18.0 Å². The van der Waals surface area contributed by atoms with E-state index in [9.17, 15) is 4.79 Å². The number of H-pyrrole nitrogens is 1. The van der Waals surface area contributed by atoms with Crippen LogP contribution in [0.25, 0.3) is 32.0 Å². The van der Waals surface area contributed by atoms with E-state index in [0.29, 0.717) is 43.9 Å². The van der Waals surface area contributed by atoms with E-state index in [2.05, 4.69) is 20.0 Å². The van der Waals surface area contributed by atoms with Gasteiger partial charge in [0.2, 0.25) is 5.69 Å². The fourth-order valence-corrected chi connectivity index (χ4v) is 4.18. The molecule has 0 fully saturated rings. The molecule has 0 aliphatic heterocycles. The van der Waals surface area contributed by atoms with E-state index in [1.807, 2.05) is 0 Å². The lowest BCUT2D eigenvalue weighted by Gasteiger charge is -2.17. The summed E-state index contributed by atoms with van der Waals surface area (Å²) in [4.78, 5) is 20.3. The molecule has 33 heavy (non-hydrogen) atoms. The van der Waals surface area contributed by atoms with Gasteiger partial charge in [0, 0.05) is 36.3 Å². The van der Waals surface area contributed by atoms with Gasteiger partial charge in [-0.2, -0.15) is 5.10 Å². The third-order valence-electron chi connectivity index (χ3n) is 5.64. The first-order valence-corrected chi connectivity index (χ1v) is 10.2. The number of halogens is 1. The number of aromatic amines is 1. The number of aromatic nitrogens is 2. The first-order valence-electron chi connectivity index (χ1n) is 10.2. The van der Waals surface area contributed by atoms with Gasteiger partial charge in [0.05, 0.1) is 23.4 Å². The van der Waals surface area contributed by atoms with Gasteiger partial charge < -0.3 is 11.5 Å². The second-order valence-electron chi connectivity index (χ2n) is 7.49. The standard InChI is InChI=1S/C25H21FN6O/c1-13-8-15(9-17-20(12-28)31-32-25(33)21(13)17)18(11-27)24(30-3)22-19(26)10-14-6-4-5-7-16(14)23(22)29-2/h4-11H,12,27-28H2,1,3H3,(H,32,33)/b18-11-,30-24?. The third-order valence-corrected chi connectivity index (χ3v) is 5.64. The van der Waals surface area contributed by atoms with Crippen molar-refractivity contribution in [3.8, 4) is 0 Å².